The number of benzene rings is 2. The average molecular weight is 460 g/mol. The minimum Gasteiger partial charge on any atom is -0.321 e. The van der Waals surface area contributed by atoms with Crippen molar-refractivity contribution >= 4 is 11.7 Å². The van der Waals surface area contributed by atoms with Crippen LogP contribution >= 0.6 is 0 Å². The van der Waals surface area contributed by atoms with Gasteiger partial charge in [-0.2, -0.15) is 13.2 Å². The summed E-state index contributed by atoms with van der Waals surface area (Å²) >= 11 is 0. The smallest absolute Gasteiger partial charge is 0.321 e. The Hall–Kier alpha value is -2.54. The number of carbonyl (C=O) groups excluding carboxylic acids is 1. The first-order chi connectivity index (χ1) is 15.9. The van der Waals surface area contributed by atoms with Gasteiger partial charge in [0, 0.05) is 31.4 Å². The van der Waals surface area contributed by atoms with Gasteiger partial charge in [0.15, 0.2) is 0 Å². The monoisotopic (exact) mass is 459 g/mol. The maximum Gasteiger partial charge on any atom is 0.416 e. The summed E-state index contributed by atoms with van der Waals surface area (Å²) in [5.74, 6) is 0.515. The van der Waals surface area contributed by atoms with E-state index in [1.807, 2.05) is 11.0 Å². The molecule has 2 amide bonds. The van der Waals surface area contributed by atoms with Crippen molar-refractivity contribution in [2.45, 2.75) is 50.7 Å². The van der Waals surface area contributed by atoms with Crippen LogP contribution in [-0.4, -0.2) is 48.1 Å². The van der Waals surface area contributed by atoms with Crippen molar-refractivity contribution in [2.75, 3.05) is 31.5 Å². The van der Waals surface area contributed by atoms with E-state index in [4.69, 9.17) is 0 Å². The van der Waals surface area contributed by atoms with E-state index >= 15 is 0 Å². The lowest BCUT2D eigenvalue weighted by atomic mass is 10.0. The number of anilines is 1. The number of aryl methyl sites for hydroxylation is 1. The number of nitrogens with one attached hydrogen (secondary N) is 1. The summed E-state index contributed by atoms with van der Waals surface area (Å²) in [4.78, 5) is 17.4. The maximum absolute atomic E-state index is 13.1. The standard InChI is InChI=1S/C26H32F3N3O/c27-26(28,29)22-9-4-10-23(18-22)30-25(33)32(19-21-11-12-21)24-13-16-31(17-14-24)15-5-8-20-6-2-1-3-7-20/h1-4,6-7,9-10,18,21,24H,5,8,11-17,19H2,(H,30,33). The number of piperidine rings is 1. The number of carbonyl (C=O) groups is 1. The largest absolute Gasteiger partial charge is 0.416 e. The van der Waals surface area contributed by atoms with Crippen molar-refractivity contribution in [1.82, 2.24) is 9.80 Å². The Morgan fingerprint density at radius 1 is 1.00 bits per heavy atom. The molecule has 2 aromatic rings. The number of likely N-dealkylation sites (tertiary alicyclic amines) is 1. The second-order valence-electron chi connectivity index (χ2n) is 9.27. The van der Waals surface area contributed by atoms with Crippen molar-refractivity contribution in [2.24, 2.45) is 5.92 Å². The summed E-state index contributed by atoms with van der Waals surface area (Å²) in [6.07, 6.45) is 1.77. The summed E-state index contributed by atoms with van der Waals surface area (Å²) in [5, 5.41) is 2.72. The molecule has 0 spiro atoms. The Morgan fingerprint density at radius 3 is 2.39 bits per heavy atom. The van der Waals surface area contributed by atoms with Crippen LogP contribution in [0.2, 0.25) is 0 Å². The summed E-state index contributed by atoms with van der Waals surface area (Å²) in [5.41, 5.74) is 0.793. The molecule has 2 aromatic carbocycles. The zero-order valence-electron chi connectivity index (χ0n) is 18.9. The lowest BCUT2D eigenvalue weighted by Gasteiger charge is -2.38. The van der Waals surface area contributed by atoms with Crippen LogP contribution in [0.5, 0.6) is 0 Å². The van der Waals surface area contributed by atoms with Crippen LogP contribution in [0.1, 0.15) is 43.2 Å². The molecule has 0 aromatic heterocycles. The van der Waals surface area contributed by atoms with Crippen LogP contribution in [0.4, 0.5) is 23.7 Å². The van der Waals surface area contributed by atoms with Crippen LogP contribution in [0.15, 0.2) is 54.6 Å². The molecule has 1 saturated carbocycles. The van der Waals surface area contributed by atoms with Crippen LogP contribution in [0, 0.1) is 5.92 Å². The molecule has 1 heterocycles. The van der Waals surface area contributed by atoms with Gasteiger partial charge in [0.1, 0.15) is 0 Å². The molecular formula is C26H32F3N3O. The second-order valence-corrected chi connectivity index (χ2v) is 9.27. The van der Waals surface area contributed by atoms with Gasteiger partial charge in [-0.25, -0.2) is 4.79 Å². The molecule has 0 unspecified atom stereocenters. The minimum atomic E-state index is -4.43. The molecule has 7 heteroatoms. The van der Waals surface area contributed by atoms with E-state index in [1.165, 1.54) is 17.7 Å². The number of halogens is 3. The molecule has 0 radical (unpaired) electrons. The zero-order chi connectivity index (χ0) is 23.3. The van der Waals surface area contributed by atoms with Gasteiger partial charge in [0.25, 0.3) is 0 Å². The minimum absolute atomic E-state index is 0.127. The maximum atomic E-state index is 13.1. The van der Waals surface area contributed by atoms with Crippen LogP contribution in [0.25, 0.3) is 0 Å². The van der Waals surface area contributed by atoms with E-state index < -0.39 is 11.7 Å². The van der Waals surface area contributed by atoms with Crippen molar-refractivity contribution in [3.05, 3.63) is 65.7 Å². The van der Waals surface area contributed by atoms with Gasteiger partial charge in [0.2, 0.25) is 0 Å². The molecule has 1 aliphatic heterocycles. The van der Waals surface area contributed by atoms with Crippen molar-refractivity contribution < 1.29 is 18.0 Å². The van der Waals surface area contributed by atoms with Gasteiger partial charge < -0.3 is 15.1 Å². The first-order valence-corrected chi connectivity index (χ1v) is 11.9. The predicted octanol–water partition coefficient (Wildman–Crippen LogP) is 6.05. The number of alkyl halides is 3. The second kappa shape index (κ2) is 10.6. The molecule has 1 aliphatic carbocycles. The number of urea groups is 1. The van der Waals surface area contributed by atoms with Crippen molar-refractivity contribution in [3.8, 4) is 0 Å². The molecule has 1 N–H and O–H groups in total. The number of nitrogens with zero attached hydrogens (tertiary/aromatic N) is 2. The van der Waals surface area contributed by atoms with Crippen LogP contribution in [0.3, 0.4) is 0 Å². The van der Waals surface area contributed by atoms with Gasteiger partial charge in [-0.05, 0) is 74.8 Å². The van der Waals surface area contributed by atoms with Crippen molar-refractivity contribution in [3.63, 3.8) is 0 Å². The summed E-state index contributed by atoms with van der Waals surface area (Å²) in [7, 11) is 0. The van der Waals surface area contributed by atoms with Gasteiger partial charge in [0.05, 0.1) is 5.56 Å². The van der Waals surface area contributed by atoms with E-state index in [0.29, 0.717) is 12.5 Å². The van der Waals surface area contributed by atoms with E-state index in [9.17, 15) is 18.0 Å². The molecule has 2 aliphatic rings. The first-order valence-electron chi connectivity index (χ1n) is 11.9. The normalized spacial score (nSPS) is 17.7. The first kappa shape index (κ1) is 23.6. The lowest BCUT2D eigenvalue weighted by molar-refractivity contribution is -0.137. The zero-order valence-corrected chi connectivity index (χ0v) is 18.9. The summed E-state index contributed by atoms with van der Waals surface area (Å²) < 4.78 is 39.1. The Balaban J connectivity index is 1.30. The van der Waals surface area contributed by atoms with E-state index in [2.05, 4.69) is 34.5 Å². The topological polar surface area (TPSA) is 35.6 Å². The van der Waals surface area contributed by atoms with E-state index in [0.717, 1.165) is 70.3 Å². The highest BCUT2D eigenvalue weighted by molar-refractivity contribution is 5.89. The van der Waals surface area contributed by atoms with Gasteiger partial charge in [-0.1, -0.05) is 36.4 Å². The Morgan fingerprint density at radius 2 is 1.73 bits per heavy atom. The third-order valence-corrected chi connectivity index (χ3v) is 6.63. The SMILES string of the molecule is O=C(Nc1cccc(C(F)(F)F)c1)N(CC1CC1)C1CCN(CCCc2ccccc2)CC1. The molecular weight excluding hydrogens is 427 g/mol. The number of hydrogen-bond donors (Lipinski definition) is 1. The Bertz CT molecular complexity index is 906. The molecule has 0 bridgehead atoms. The van der Waals surface area contributed by atoms with Gasteiger partial charge in [-0.15, -0.1) is 0 Å². The molecule has 2 fully saturated rings. The fraction of sp³-hybridized carbons (Fsp3) is 0.500. The molecule has 33 heavy (non-hydrogen) atoms. The van der Waals surface area contributed by atoms with Crippen molar-refractivity contribution in [1.29, 1.82) is 0 Å². The van der Waals surface area contributed by atoms with Crippen LogP contribution in [-0.2, 0) is 12.6 Å². The number of rotatable bonds is 8. The van der Waals surface area contributed by atoms with E-state index in [1.54, 1.807) is 0 Å². The van der Waals surface area contributed by atoms with Gasteiger partial charge in [-0.3, -0.25) is 0 Å². The molecule has 1 saturated heterocycles. The average Bonchev–Trinajstić information content (AvgIpc) is 3.63. The number of amides is 2. The summed E-state index contributed by atoms with van der Waals surface area (Å²) in [6, 6.07) is 15.2. The highest BCUT2D eigenvalue weighted by Crippen LogP contribution is 2.33. The van der Waals surface area contributed by atoms with Gasteiger partial charge >= 0.3 is 12.2 Å². The fourth-order valence-electron chi connectivity index (χ4n) is 4.55. The molecule has 4 nitrogen and oxygen atoms in total. The fourth-order valence-corrected chi connectivity index (χ4v) is 4.55. The Labute approximate surface area is 193 Å². The Kier molecular flexibility index (Phi) is 7.58. The summed E-state index contributed by atoms with van der Waals surface area (Å²) in [6.45, 7) is 3.61. The highest BCUT2D eigenvalue weighted by atomic mass is 19.4. The predicted molar refractivity (Wildman–Crippen MR) is 124 cm³/mol. The molecule has 178 valence electrons. The quantitative estimate of drug-likeness (QED) is 0.522. The third kappa shape index (κ3) is 6.97. The number of hydrogen-bond acceptors (Lipinski definition) is 2. The lowest BCUT2D eigenvalue weighted by Crippen LogP contribution is -2.49. The van der Waals surface area contributed by atoms with E-state index in [-0.39, 0.29) is 17.8 Å². The molecule has 0 atom stereocenters. The van der Waals surface area contributed by atoms with Crippen LogP contribution < -0.4 is 5.32 Å². The molecule has 4 rings (SSSR count). The highest BCUT2D eigenvalue weighted by Gasteiger charge is 2.34. The third-order valence-electron chi connectivity index (χ3n) is 6.63.